The number of thiophene rings is 1. The molecule has 0 saturated heterocycles. The Balaban J connectivity index is 1.68. The summed E-state index contributed by atoms with van der Waals surface area (Å²) in [5, 5.41) is 8.55. The number of hydrogen-bond acceptors (Lipinski definition) is 4. The van der Waals surface area contributed by atoms with Crippen molar-refractivity contribution in [2.24, 2.45) is 7.05 Å². The Morgan fingerprint density at radius 3 is 2.62 bits per heavy atom. The van der Waals surface area contributed by atoms with Crippen molar-refractivity contribution < 1.29 is 4.79 Å². The van der Waals surface area contributed by atoms with Gasteiger partial charge in [-0.25, -0.2) is 0 Å². The van der Waals surface area contributed by atoms with E-state index in [2.05, 4.69) is 15.4 Å². The molecule has 0 saturated carbocycles. The fourth-order valence-corrected chi connectivity index (χ4v) is 4.07. The molecule has 1 N–H and O–H groups in total. The molecule has 0 unspecified atom stereocenters. The molecule has 0 aliphatic rings. The summed E-state index contributed by atoms with van der Waals surface area (Å²) in [6, 6.07) is 17.2. The number of amides is 1. The summed E-state index contributed by atoms with van der Waals surface area (Å²) in [5.74, 6) is -0.106. The third-order valence-electron chi connectivity index (χ3n) is 4.31. The first-order valence-corrected chi connectivity index (χ1v) is 9.15. The second kappa shape index (κ2) is 6.72. The minimum Gasteiger partial charge on any atom is -0.339 e. The van der Waals surface area contributed by atoms with Gasteiger partial charge < -0.3 is 5.32 Å². The van der Waals surface area contributed by atoms with E-state index < -0.39 is 0 Å². The number of rotatable bonds is 4. The van der Waals surface area contributed by atoms with Crippen LogP contribution in [0.1, 0.15) is 32.7 Å². The van der Waals surface area contributed by atoms with E-state index in [1.165, 1.54) is 11.3 Å². The molecule has 4 rings (SSSR count). The second-order valence-electron chi connectivity index (χ2n) is 6.11. The minimum atomic E-state index is -0.297. The number of benzene rings is 1. The van der Waals surface area contributed by atoms with Gasteiger partial charge in [0.25, 0.3) is 5.91 Å². The molecule has 0 aliphatic carbocycles. The van der Waals surface area contributed by atoms with Crippen molar-refractivity contribution in [2.45, 2.75) is 13.0 Å². The monoisotopic (exact) mass is 362 g/mol. The van der Waals surface area contributed by atoms with E-state index in [1.54, 1.807) is 6.20 Å². The largest absolute Gasteiger partial charge is 0.339 e. The number of aryl methyl sites for hydroxylation is 2. The third-order valence-corrected chi connectivity index (χ3v) is 5.51. The van der Waals surface area contributed by atoms with Crippen LogP contribution in [0.15, 0.2) is 60.8 Å². The quantitative estimate of drug-likeness (QED) is 0.600. The minimum absolute atomic E-state index is 0.106. The van der Waals surface area contributed by atoms with Gasteiger partial charge in [-0.2, -0.15) is 5.10 Å². The fraction of sp³-hybridized carbons (Fsp3) is 0.150. The predicted molar refractivity (Wildman–Crippen MR) is 103 cm³/mol. The van der Waals surface area contributed by atoms with Gasteiger partial charge in [0, 0.05) is 18.6 Å². The Morgan fingerprint density at radius 1 is 1.15 bits per heavy atom. The van der Waals surface area contributed by atoms with Gasteiger partial charge in [0.15, 0.2) is 0 Å². The Labute approximate surface area is 155 Å². The number of aromatic nitrogens is 3. The lowest BCUT2D eigenvalue weighted by Gasteiger charge is -2.18. The Morgan fingerprint density at radius 2 is 1.92 bits per heavy atom. The summed E-state index contributed by atoms with van der Waals surface area (Å²) in [4.78, 5) is 19.0. The molecule has 1 aromatic carbocycles. The molecule has 0 radical (unpaired) electrons. The molecule has 4 aromatic rings. The average Bonchev–Trinajstić information content (AvgIpc) is 3.23. The van der Waals surface area contributed by atoms with Gasteiger partial charge in [0.1, 0.15) is 4.83 Å². The van der Waals surface area contributed by atoms with Crippen LogP contribution in [0, 0.1) is 6.92 Å². The first-order valence-electron chi connectivity index (χ1n) is 8.33. The first-order chi connectivity index (χ1) is 12.6. The molecule has 0 fully saturated rings. The standard InChI is InChI=1S/C20H18N4OS/c1-13-15-12-17(26-20(15)24(2)23-13)19(25)22-18(14-8-4-3-5-9-14)16-10-6-7-11-21-16/h3-12,18H,1-2H3,(H,22,25)/t18-/m0/s1. The van der Waals surface area contributed by atoms with Crippen LogP contribution in [0.2, 0.25) is 0 Å². The number of nitrogens with zero attached hydrogens (tertiary/aromatic N) is 3. The summed E-state index contributed by atoms with van der Waals surface area (Å²) in [6.07, 6.45) is 1.74. The highest BCUT2D eigenvalue weighted by molar-refractivity contribution is 7.20. The van der Waals surface area contributed by atoms with Crippen molar-refractivity contribution in [2.75, 3.05) is 0 Å². The van der Waals surface area contributed by atoms with E-state index in [-0.39, 0.29) is 11.9 Å². The summed E-state index contributed by atoms with van der Waals surface area (Å²) < 4.78 is 1.82. The van der Waals surface area contributed by atoms with Gasteiger partial charge in [0.05, 0.1) is 22.3 Å². The zero-order valence-corrected chi connectivity index (χ0v) is 15.3. The van der Waals surface area contributed by atoms with Crippen LogP contribution >= 0.6 is 11.3 Å². The molecular formula is C20H18N4OS. The highest BCUT2D eigenvalue weighted by atomic mass is 32.1. The molecule has 6 heteroatoms. The van der Waals surface area contributed by atoms with Gasteiger partial charge in [-0.05, 0) is 30.7 Å². The van der Waals surface area contributed by atoms with Crippen LogP contribution in [-0.4, -0.2) is 20.7 Å². The zero-order chi connectivity index (χ0) is 18.1. The highest BCUT2D eigenvalue weighted by Crippen LogP contribution is 2.28. The van der Waals surface area contributed by atoms with Crippen molar-refractivity contribution in [3.8, 4) is 0 Å². The summed E-state index contributed by atoms with van der Waals surface area (Å²) >= 11 is 1.45. The van der Waals surface area contributed by atoms with E-state index in [4.69, 9.17) is 0 Å². The maximum atomic E-state index is 12.9. The maximum absolute atomic E-state index is 12.9. The van der Waals surface area contributed by atoms with Crippen LogP contribution in [-0.2, 0) is 7.05 Å². The lowest BCUT2D eigenvalue weighted by atomic mass is 10.0. The molecule has 0 aliphatic heterocycles. The van der Waals surface area contributed by atoms with Crippen molar-refractivity contribution >= 4 is 27.5 Å². The fourth-order valence-electron chi connectivity index (χ4n) is 3.04. The van der Waals surface area contributed by atoms with E-state index in [0.717, 1.165) is 27.2 Å². The molecular weight excluding hydrogens is 344 g/mol. The van der Waals surface area contributed by atoms with Gasteiger partial charge in [0.2, 0.25) is 0 Å². The highest BCUT2D eigenvalue weighted by Gasteiger charge is 2.21. The zero-order valence-electron chi connectivity index (χ0n) is 14.5. The molecule has 3 heterocycles. The van der Waals surface area contributed by atoms with Crippen molar-refractivity contribution in [1.29, 1.82) is 0 Å². The molecule has 1 atom stereocenters. The van der Waals surface area contributed by atoms with Crippen molar-refractivity contribution in [3.63, 3.8) is 0 Å². The number of fused-ring (bicyclic) bond motifs is 1. The van der Waals surface area contributed by atoms with E-state index in [1.807, 2.05) is 73.3 Å². The predicted octanol–water partition coefficient (Wildman–Crippen LogP) is 3.86. The number of carbonyl (C=O) groups is 1. The molecule has 1 amide bonds. The summed E-state index contributed by atoms with van der Waals surface area (Å²) in [6.45, 7) is 1.96. The number of carbonyl (C=O) groups excluding carboxylic acids is 1. The third kappa shape index (κ3) is 2.99. The number of nitrogens with one attached hydrogen (secondary N) is 1. The normalized spacial score (nSPS) is 12.2. The Kier molecular flexibility index (Phi) is 4.26. The van der Waals surface area contributed by atoms with Crippen molar-refractivity contribution in [1.82, 2.24) is 20.1 Å². The summed E-state index contributed by atoms with van der Waals surface area (Å²) in [7, 11) is 1.90. The molecule has 5 nitrogen and oxygen atoms in total. The van der Waals surface area contributed by atoms with E-state index >= 15 is 0 Å². The maximum Gasteiger partial charge on any atom is 0.262 e. The molecule has 0 spiro atoms. The van der Waals surface area contributed by atoms with Crippen LogP contribution in [0.25, 0.3) is 10.2 Å². The first kappa shape index (κ1) is 16.5. The Hall–Kier alpha value is -2.99. The smallest absolute Gasteiger partial charge is 0.262 e. The summed E-state index contributed by atoms with van der Waals surface area (Å²) in [5.41, 5.74) is 2.74. The second-order valence-corrected chi connectivity index (χ2v) is 7.14. The van der Waals surface area contributed by atoms with Crippen LogP contribution in [0.4, 0.5) is 0 Å². The lowest BCUT2D eigenvalue weighted by Crippen LogP contribution is -2.29. The SMILES string of the molecule is Cc1nn(C)c2sc(C(=O)N[C@@H](c3ccccc3)c3ccccn3)cc12. The van der Waals surface area contributed by atoms with Crippen LogP contribution < -0.4 is 5.32 Å². The van der Waals surface area contributed by atoms with Gasteiger partial charge >= 0.3 is 0 Å². The molecule has 3 aromatic heterocycles. The van der Waals surface area contributed by atoms with E-state index in [0.29, 0.717) is 4.88 Å². The van der Waals surface area contributed by atoms with Crippen LogP contribution in [0.5, 0.6) is 0 Å². The number of hydrogen-bond donors (Lipinski definition) is 1. The average molecular weight is 362 g/mol. The lowest BCUT2D eigenvalue weighted by molar-refractivity contribution is 0.0946. The topological polar surface area (TPSA) is 59.8 Å². The van der Waals surface area contributed by atoms with Gasteiger partial charge in [-0.1, -0.05) is 36.4 Å². The molecule has 0 bridgehead atoms. The van der Waals surface area contributed by atoms with Gasteiger partial charge in [-0.3, -0.25) is 14.5 Å². The number of pyridine rings is 1. The Bertz CT molecular complexity index is 980. The van der Waals surface area contributed by atoms with E-state index in [9.17, 15) is 4.79 Å². The van der Waals surface area contributed by atoms with Crippen molar-refractivity contribution in [3.05, 3.63) is 82.6 Å². The molecule has 130 valence electrons. The van der Waals surface area contributed by atoms with Gasteiger partial charge in [-0.15, -0.1) is 11.3 Å². The molecule has 26 heavy (non-hydrogen) atoms. The van der Waals surface area contributed by atoms with Crippen LogP contribution in [0.3, 0.4) is 0 Å².